The lowest BCUT2D eigenvalue weighted by Crippen LogP contribution is -2.35. The third-order valence-electron chi connectivity index (χ3n) is 4.22. The second-order valence-electron chi connectivity index (χ2n) is 5.41. The lowest BCUT2D eigenvalue weighted by molar-refractivity contribution is 0.247. The summed E-state index contributed by atoms with van der Waals surface area (Å²) < 4.78 is 0. The Labute approximate surface area is 106 Å². The Morgan fingerprint density at radius 1 is 1.19 bits per heavy atom. The van der Waals surface area contributed by atoms with E-state index in [0.717, 1.165) is 22.8 Å². The van der Waals surface area contributed by atoms with Gasteiger partial charge in [-0.2, -0.15) is 11.8 Å². The van der Waals surface area contributed by atoms with Gasteiger partial charge in [0.15, 0.2) is 0 Å². The van der Waals surface area contributed by atoms with Crippen LogP contribution in [0, 0.1) is 11.8 Å². The van der Waals surface area contributed by atoms with Gasteiger partial charge >= 0.3 is 0 Å². The largest absolute Gasteiger partial charge is 0.327 e. The van der Waals surface area contributed by atoms with Crippen LogP contribution in [0.25, 0.3) is 0 Å². The summed E-state index contributed by atoms with van der Waals surface area (Å²) in [6, 6.07) is 0.441. The van der Waals surface area contributed by atoms with E-state index in [4.69, 9.17) is 5.73 Å². The average molecular weight is 243 g/mol. The fourth-order valence-electron chi connectivity index (χ4n) is 2.55. The Morgan fingerprint density at radius 2 is 1.81 bits per heavy atom. The molecule has 1 rings (SSSR count). The molecular formula is C14H29NS. The fourth-order valence-corrected chi connectivity index (χ4v) is 3.61. The molecule has 1 aliphatic carbocycles. The summed E-state index contributed by atoms with van der Waals surface area (Å²) in [6.07, 6.45) is 8.22. The van der Waals surface area contributed by atoms with Crippen molar-refractivity contribution in [1.82, 2.24) is 0 Å². The molecule has 0 radical (unpaired) electrons. The first kappa shape index (κ1) is 14.4. The quantitative estimate of drug-likeness (QED) is 0.761. The zero-order valence-corrected chi connectivity index (χ0v) is 12.1. The van der Waals surface area contributed by atoms with Crippen LogP contribution in [0.1, 0.15) is 59.3 Å². The standard InChI is InChI=1S/C14H29NS/c1-4-11(3)16-10-14(15)13-8-6-12(5-2)7-9-13/h11-14H,4-10,15H2,1-3H3. The maximum atomic E-state index is 6.32. The highest BCUT2D eigenvalue weighted by Gasteiger charge is 2.24. The minimum atomic E-state index is 0.441. The third kappa shape index (κ3) is 4.67. The van der Waals surface area contributed by atoms with Crippen LogP contribution in [0.2, 0.25) is 0 Å². The van der Waals surface area contributed by atoms with Crippen molar-refractivity contribution in [3.8, 4) is 0 Å². The molecule has 0 saturated heterocycles. The van der Waals surface area contributed by atoms with Crippen molar-refractivity contribution in [3.05, 3.63) is 0 Å². The smallest absolute Gasteiger partial charge is 0.0159 e. The first-order valence-corrected chi connectivity index (χ1v) is 8.09. The molecule has 0 aromatic carbocycles. The molecule has 1 fully saturated rings. The van der Waals surface area contributed by atoms with Crippen molar-refractivity contribution in [2.45, 2.75) is 70.6 Å². The van der Waals surface area contributed by atoms with E-state index < -0.39 is 0 Å². The molecule has 0 heterocycles. The molecule has 0 aliphatic heterocycles. The highest BCUT2D eigenvalue weighted by atomic mass is 32.2. The van der Waals surface area contributed by atoms with E-state index in [1.165, 1.54) is 38.5 Å². The maximum Gasteiger partial charge on any atom is 0.0159 e. The van der Waals surface area contributed by atoms with Gasteiger partial charge in [0, 0.05) is 17.0 Å². The minimum Gasteiger partial charge on any atom is -0.327 e. The van der Waals surface area contributed by atoms with Gasteiger partial charge in [-0.05, 0) is 31.1 Å². The van der Waals surface area contributed by atoms with E-state index in [-0.39, 0.29) is 0 Å². The van der Waals surface area contributed by atoms with Gasteiger partial charge in [-0.3, -0.25) is 0 Å². The Hall–Kier alpha value is 0.310. The van der Waals surface area contributed by atoms with E-state index in [0.29, 0.717) is 6.04 Å². The third-order valence-corrected chi connectivity index (χ3v) is 5.70. The van der Waals surface area contributed by atoms with Crippen LogP contribution in [0.5, 0.6) is 0 Å². The first-order valence-electron chi connectivity index (χ1n) is 7.04. The fraction of sp³-hybridized carbons (Fsp3) is 1.00. The summed E-state index contributed by atoms with van der Waals surface area (Å²) in [4.78, 5) is 0. The SMILES string of the molecule is CCC1CCC(C(N)CSC(C)CC)CC1. The van der Waals surface area contributed by atoms with Crippen molar-refractivity contribution >= 4 is 11.8 Å². The molecule has 2 unspecified atom stereocenters. The van der Waals surface area contributed by atoms with E-state index in [2.05, 4.69) is 32.5 Å². The van der Waals surface area contributed by atoms with Crippen molar-refractivity contribution in [2.24, 2.45) is 17.6 Å². The summed E-state index contributed by atoms with van der Waals surface area (Å²) >= 11 is 2.06. The summed E-state index contributed by atoms with van der Waals surface area (Å²) in [5.41, 5.74) is 6.32. The molecule has 1 saturated carbocycles. The monoisotopic (exact) mass is 243 g/mol. The molecule has 96 valence electrons. The zero-order chi connectivity index (χ0) is 12.0. The Balaban J connectivity index is 2.20. The van der Waals surface area contributed by atoms with Crippen LogP contribution < -0.4 is 5.73 Å². The van der Waals surface area contributed by atoms with E-state index in [1.54, 1.807) is 0 Å². The molecule has 2 atom stereocenters. The van der Waals surface area contributed by atoms with Crippen LogP contribution in [0.4, 0.5) is 0 Å². The molecule has 0 aromatic rings. The van der Waals surface area contributed by atoms with Crippen LogP contribution in [0.15, 0.2) is 0 Å². The van der Waals surface area contributed by atoms with Crippen molar-refractivity contribution in [2.75, 3.05) is 5.75 Å². The molecule has 0 amide bonds. The van der Waals surface area contributed by atoms with Gasteiger partial charge < -0.3 is 5.73 Å². The average Bonchev–Trinajstić information content (AvgIpc) is 2.35. The van der Waals surface area contributed by atoms with Crippen LogP contribution in [0.3, 0.4) is 0 Å². The molecular weight excluding hydrogens is 214 g/mol. The molecule has 16 heavy (non-hydrogen) atoms. The lowest BCUT2D eigenvalue weighted by atomic mass is 9.78. The molecule has 0 bridgehead atoms. The summed E-state index contributed by atoms with van der Waals surface area (Å²) in [5, 5.41) is 0.776. The van der Waals surface area contributed by atoms with Crippen molar-refractivity contribution in [3.63, 3.8) is 0 Å². The normalized spacial score (nSPS) is 30.0. The topological polar surface area (TPSA) is 26.0 Å². The van der Waals surface area contributed by atoms with Crippen LogP contribution >= 0.6 is 11.8 Å². The zero-order valence-electron chi connectivity index (χ0n) is 11.2. The van der Waals surface area contributed by atoms with Gasteiger partial charge in [-0.25, -0.2) is 0 Å². The van der Waals surface area contributed by atoms with Gasteiger partial charge in [0.25, 0.3) is 0 Å². The van der Waals surface area contributed by atoms with Gasteiger partial charge in [0.1, 0.15) is 0 Å². The molecule has 2 N–H and O–H groups in total. The summed E-state index contributed by atoms with van der Waals surface area (Å²) in [7, 11) is 0. The summed E-state index contributed by atoms with van der Waals surface area (Å²) in [6.45, 7) is 6.89. The summed E-state index contributed by atoms with van der Waals surface area (Å²) in [5.74, 6) is 2.96. The van der Waals surface area contributed by atoms with Crippen LogP contribution in [-0.4, -0.2) is 17.0 Å². The first-order chi connectivity index (χ1) is 7.67. The van der Waals surface area contributed by atoms with Gasteiger partial charge in [-0.1, -0.05) is 40.0 Å². The van der Waals surface area contributed by atoms with E-state index >= 15 is 0 Å². The molecule has 2 heteroatoms. The Morgan fingerprint density at radius 3 is 2.31 bits per heavy atom. The Bertz CT molecular complexity index is 176. The predicted molar refractivity (Wildman–Crippen MR) is 75.9 cm³/mol. The molecule has 1 aliphatic rings. The highest BCUT2D eigenvalue weighted by Crippen LogP contribution is 2.33. The van der Waals surface area contributed by atoms with Gasteiger partial charge in [0.05, 0.1) is 0 Å². The van der Waals surface area contributed by atoms with Crippen molar-refractivity contribution in [1.29, 1.82) is 0 Å². The number of rotatable bonds is 6. The minimum absolute atomic E-state index is 0.441. The lowest BCUT2D eigenvalue weighted by Gasteiger charge is -2.32. The predicted octanol–water partition coefficient (Wildman–Crippen LogP) is 4.06. The molecule has 1 nitrogen and oxygen atoms in total. The molecule has 0 aromatic heterocycles. The van der Waals surface area contributed by atoms with Gasteiger partial charge in [0.2, 0.25) is 0 Å². The van der Waals surface area contributed by atoms with Crippen LogP contribution in [-0.2, 0) is 0 Å². The number of thioether (sulfide) groups is 1. The number of nitrogens with two attached hydrogens (primary N) is 1. The highest BCUT2D eigenvalue weighted by molar-refractivity contribution is 7.99. The second-order valence-corrected chi connectivity index (χ2v) is 6.88. The number of hydrogen-bond donors (Lipinski definition) is 1. The van der Waals surface area contributed by atoms with Crippen molar-refractivity contribution < 1.29 is 0 Å². The maximum absolute atomic E-state index is 6.32. The Kier molecular flexibility index (Phi) is 6.83. The molecule has 0 spiro atoms. The second kappa shape index (κ2) is 7.60. The number of hydrogen-bond acceptors (Lipinski definition) is 2. The van der Waals surface area contributed by atoms with E-state index in [1.807, 2.05) is 0 Å². The van der Waals surface area contributed by atoms with Gasteiger partial charge in [-0.15, -0.1) is 0 Å². The van der Waals surface area contributed by atoms with E-state index in [9.17, 15) is 0 Å².